The lowest BCUT2D eigenvalue weighted by molar-refractivity contribution is 0.0792. The second kappa shape index (κ2) is 8.35. The van der Waals surface area contributed by atoms with E-state index in [1.807, 2.05) is 59.5 Å². The van der Waals surface area contributed by atoms with Gasteiger partial charge in [0.05, 0.1) is 18.4 Å². The SMILES string of the molecule is COc1cccc(-n2cc(C(=O)N3CCC(c4ccccc4)C3)c3ccccc3c2=O)c1. The Morgan fingerprint density at radius 2 is 1.69 bits per heavy atom. The van der Waals surface area contributed by atoms with E-state index in [0.29, 0.717) is 46.8 Å². The van der Waals surface area contributed by atoms with E-state index in [-0.39, 0.29) is 11.5 Å². The first-order valence-electron chi connectivity index (χ1n) is 10.8. The third-order valence-electron chi connectivity index (χ3n) is 6.23. The Kier molecular flexibility index (Phi) is 5.23. The van der Waals surface area contributed by atoms with Crippen LogP contribution in [0.3, 0.4) is 0 Å². The Balaban J connectivity index is 1.57. The molecule has 32 heavy (non-hydrogen) atoms. The number of hydrogen-bond acceptors (Lipinski definition) is 3. The quantitative estimate of drug-likeness (QED) is 0.480. The number of rotatable bonds is 4. The molecule has 0 aliphatic carbocycles. The smallest absolute Gasteiger partial charge is 0.262 e. The maximum atomic E-state index is 13.6. The molecule has 0 radical (unpaired) electrons. The first-order valence-corrected chi connectivity index (χ1v) is 10.8. The first kappa shape index (κ1) is 20.1. The predicted molar refractivity (Wildman–Crippen MR) is 126 cm³/mol. The summed E-state index contributed by atoms with van der Waals surface area (Å²) in [4.78, 5) is 28.8. The van der Waals surface area contributed by atoms with E-state index in [1.54, 1.807) is 30.0 Å². The fourth-order valence-corrected chi connectivity index (χ4v) is 4.53. The minimum atomic E-state index is -0.158. The van der Waals surface area contributed by atoms with Crippen LogP contribution < -0.4 is 10.3 Å². The number of nitrogens with zero attached hydrogens (tertiary/aromatic N) is 2. The lowest BCUT2D eigenvalue weighted by atomic mass is 9.99. The van der Waals surface area contributed by atoms with Crippen molar-refractivity contribution in [2.24, 2.45) is 0 Å². The molecule has 5 heteroatoms. The number of carbonyl (C=O) groups is 1. The van der Waals surface area contributed by atoms with Crippen LogP contribution in [-0.2, 0) is 0 Å². The van der Waals surface area contributed by atoms with Crippen molar-refractivity contribution >= 4 is 16.7 Å². The summed E-state index contributed by atoms with van der Waals surface area (Å²) >= 11 is 0. The number of amides is 1. The van der Waals surface area contributed by atoms with Crippen LogP contribution in [0.15, 0.2) is 89.9 Å². The molecule has 5 rings (SSSR count). The van der Waals surface area contributed by atoms with Crippen LogP contribution in [0.25, 0.3) is 16.5 Å². The Morgan fingerprint density at radius 3 is 2.47 bits per heavy atom. The van der Waals surface area contributed by atoms with Gasteiger partial charge in [-0.05, 0) is 30.2 Å². The topological polar surface area (TPSA) is 51.5 Å². The molecule has 0 bridgehead atoms. The molecule has 1 fully saturated rings. The highest BCUT2D eigenvalue weighted by atomic mass is 16.5. The van der Waals surface area contributed by atoms with Crippen LogP contribution >= 0.6 is 0 Å². The van der Waals surface area contributed by atoms with Crippen molar-refractivity contribution in [2.45, 2.75) is 12.3 Å². The summed E-state index contributed by atoms with van der Waals surface area (Å²) in [6.07, 6.45) is 2.61. The lowest BCUT2D eigenvalue weighted by Crippen LogP contribution is -2.30. The molecule has 0 spiro atoms. The minimum Gasteiger partial charge on any atom is -0.497 e. The first-order chi connectivity index (χ1) is 15.7. The summed E-state index contributed by atoms with van der Waals surface area (Å²) in [5, 5.41) is 1.21. The number of methoxy groups -OCH3 is 1. The molecule has 1 saturated heterocycles. The summed E-state index contributed by atoms with van der Waals surface area (Å²) in [5.41, 5.74) is 2.30. The van der Waals surface area contributed by atoms with Crippen LogP contribution in [0.4, 0.5) is 0 Å². The Bertz CT molecular complexity index is 1340. The van der Waals surface area contributed by atoms with E-state index < -0.39 is 0 Å². The average molecular weight is 425 g/mol. The van der Waals surface area contributed by atoms with Crippen molar-refractivity contribution in [3.63, 3.8) is 0 Å². The molecule has 0 N–H and O–H groups in total. The second-order valence-electron chi connectivity index (χ2n) is 8.11. The Morgan fingerprint density at radius 1 is 0.938 bits per heavy atom. The summed E-state index contributed by atoms with van der Waals surface area (Å²) in [7, 11) is 1.59. The standard InChI is InChI=1S/C27H24N2O3/c1-32-22-11-7-10-21(16-22)29-18-25(23-12-5-6-13-24(23)27(29)31)26(30)28-15-14-20(17-28)19-8-3-2-4-9-19/h2-13,16,18,20H,14-15,17H2,1H3. The van der Waals surface area contributed by atoms with Gasteiger partial charge in [-0.2, -0.15) is 0 Å². The summed E-state index contributed by atoms with van der Waals surface area (Å²) in [5.74, 6) is 0.938. The molecule has 1 atom stereocenters. The van der Waals surface area contributed by atoms with Crippen molar-refractivity contribution < 1.29 is 9.53 Å². The number of pyridine rings is 1. The van der Waals surface area contributed by atoms with Gasteiger partial charge in [-0.15, -0.1) is 0 Å². The van der Waals surface area contributed by atoms with E-state index in [4.69, 9.17) is 4.74 Å². The molecular formula is C27H24N2O3. The van der Waals surface area contributed by atoms with Crippen molar-refractivity contribution in [2.75, 3.05) is 20.2 Å². The third kappa shape index (κ3) is 3.56. The van der Waals surface area contributed by atoms with E-state index in [1.165, 1.54) is 5.56 Å². The van der Waals surface area contributed by atoms with Gasteiger partial charge in [-0.3, -0.25) is 14.2 Å². The molecule has 160 valence electrons. The molecule has 1 unspecified atom stereocenters. The Hall–Kier alpha value is -3.86. The molecule has 3 aromatic carbocycles. The van der Waals surface area contributed by atoms with Crippen LogP contribution in [0.1, 0.15) is 28.3 Å². The fourth-order valence-electron chi connectivity index (χ4n) is 4.53. The van der Waals surface area contributed by atoms with E-state index in [0.717, 1.165) is 6.42 Å². The normalized spacial score (nSPS) is 15.8. The largest absolute Gasteiger partial charge is 0.497 e. The van der Waals surface area contributed by atoms with Gasteiger partial charge in [-0.1, -0.05) is 54.6 Å². The van der Waals surface area contributed by atoms with Gasteiger partial charge >= 0.3 is 0 Å². The van der Waals surface area contributed by atoms with Gasteiger partial charge in [0.1, 0.15) is 5.75 Å². The van der Waals surface area contributed by atoms with Crippen LogP contribution in [0, 0.1) is 0 Å². The van der Waals surface area contributed by atoms with Crippen LogP contribution in [0.5, 0.6) is 5.75 Å². The highest BCUT2D eigenvalue weighted by Gasteiger charge is 2.29. The summed E-state index contributed by atoms with van der Waals surface area (Å²) in [6, 6.07) is 25.0. The Labute approximate surface area is 186 Å². The molecule has 1 aliphatic heterocycles. The van der Waals surface area contributed by atoms with Crippen LogP contribution in [-0.4, -0.2) is 35.6 Å². The van der Waals surface area contributed by atoms with Gasteiger partial charge in [0, 0.05) is 42.0 Å². The fraction of sp³-hybridized carbons (Fsp3) is 0.185. The van der Waals surface area contributed by atoms with Crippen molar-refractivity contribution in [1.82, 2.24) is 9.47 Å². The molecule has 0 saturated carbocycles. The zero-order valence-corrected chi connectivity index (χ0v) is 17.9. The number of aromatic nitrogens is 1. The van der Waals surface area contributed by atoms with Gasteiger partial charge in [0.2, 0.25) is 0 Å². The van der Waals surface area contributed by atoms with Gasteiger partial charge in [0.25, 0.3) is 11.5 Å². The summed E-state index contributed by atoms with van der Waals surface area (Å²) in [6.45, 7) is 1.38. The maximum Gasteiger partial charge on any atom is 0.262 e. The molecule has 1 amide bonds. The molecule has 5 nitrogen and oxygen atoms in total. The average Bonchev–Trinajstić information content (AvgIpc) is 3.35. The highest BCUT2D eigenvalue weighted by Crippen LogP contribution is 2.29. The maximum absolute atomic E-state index is 13.6. The van der Waals surface area contributed by atoms with Gasteiger partial charge < -0.3 is 9.64 Å². The van der Waals surface area contributed by atoms with E-state index in [9.17, 15) is 9.59 Å². The van der Waals surface area contributed by atoms with Crippen LogP contribution in [0.2, 0.25) is 0 Å². The van der Waals surface area contributed by atoms with Gasteiger partial charge in [0.15, 0.2) is 0 Å². The van der Waals surface area contributed by atoms with Gasteiger partial charge in [-0.25, -0.2) is 0 Å². The number of ether oxygens (including phenoxy) is 1. The second-order valence-corrected chi connectivity index (χ2v) is 8.11. The molecule has 2 heterocycles. The molecule has 4 aromatic rings. The van der Waals surface area contributed by atoms with Crippen molar-refractivity contribution in [3.05, 3.63) is 107 Å². The third-order valence-corrected chi connectivity index (χ3v) is 6.23. The molecule has 1 aromatic heterocycles. The lowest BCUT2D eigenvalue weighted by Gasteiger charge is -2.19. The van der Waals surface area contributed by atoms with E-state index in [2.05, 4.69) is 12.1 Å². The monoisotopic (exact) mass is 424 g/mol. The van der Waals surface area contributed by atoms with Crippen molar-refractivity contribution in [1.29, 1.82) is 0 Å². The molecular weight excluding hydrogens is 400 g/mol. The highest BCUT2D eigenvalue weighted by molar-refractivity contribution is 6.06. The minimum absolute atomic E-state index is 0.0451. The van der Waals surface area contributed by atoms with E-state index >= 15 is 0 Å². The molecule has 1 aliphatic rings. The summed E-state index contributed by atoms with van der Waals surface area (Å²) < 4.78 is 6.87. The number of benzene rings is 3. The number of likely N-dealkylation sites (tertiary alicyclic amines) is 1. The zero-order chi connectivity index (χ0) is 22.1. The zero-order valence-electron chi connectivity index (χ0n) is 17.9. The number of hydrogen-bond donors (Lipinski definition) is 0. The van der Waals surface area contributed by atoms with Crippen molar-refractivity contribution in [3.8, 4) is 11.4 Å². The number of carbonyl (C=O) groups excluding carboxylic acids is 1. The number of fused-ring (bicyclic) bond motifs is 1. The predicted octanol–water partition coefficient (Wildman–Crippen LogP) is 4.63.